The summed E-state index contributed by atoms with van der Waals surface area (Å²) in [6.07, 6.45) is 0. The number of hydrogen-bond acceptors (Lipinski definition) is 4. The van der Waals surface area contributed by atoms with Crippen LogP contribution in [0.4, 0.5) is 0 Å². The minimum atomic E-state index is -0.907. The Bertz CT molecular complexity index is 826. The molecule has 1 atom stereocenters. The molecule has 0 aliphatic carbocycles. The molecule has 5 nitrogen and oxygen atoms in total. The summed E-state index contributed by atoms with van der Waals surface area (Å²) >= 11 is 6.06. The number of nitrogens with zero attached hydrogens (tertiary/aromatic N) is 3. The lowest BCUT2D eigenvalue weighted by molar-refractivity contribution is 0.0696. The maximum atomic E-state index is 11.1. The molecule has 1 heterocycles. The molecule has 1 aliphatic heterocycles. The highest BCUT2D eigenvalue weighted by molar-refractivity contribution is 6.30. The molecule has 2 aromatic rings. The van der Waals surface area contributed by atoms with Gasteiger partial charge in [0.25, 0.3) is 0 Å². The highest BCUT2D eigenvalue weighted by Gasteiger charge is 2.25. The third-order valence-electron chi connectivity index (χ3n) is 4.64. The van der Waals surface area contributed by atoms with Gasteiger partial charge < -0.3 is 5.11 Å². The van der Waals surface area contributed by atoms with Crippen LogP contribution < -0.4 is 0 Å². The van der Waals surface area contributed by atoms with E-state index in [1.165, 1.54) is 0 Å². The van der Waals surface area contributed by atoms with E-state index in [9.17, 15) is 10.1 Å². The summed E-state index contributed by atoms with van der Waals surface area (Å²) in [5.41, 5.74) is 2.22. The molecule has 1 saturated heterocycles. The SMILES string of the molecule is N#CC(c1cccc(Cl)c1)N1CCN(Cc2cccc(C(=O)O)c2)CC1. The molecule has 0 amide bonds. The summed E-state index contributed by atoms with van der Waals surface area (Å²) in [7, 11) is 0. The zero-order chi connectivity index (χ0) is 18.5. The smallest absolute Gasteiger partial charge is 0.335 e. The predicted octanol–water partition coefficient (Wildman–Crippen LogP) is 3.42. The molecule has 0 aromatic heterocycles. The molecule has 3 rings (SSSR count). The third-order valence-corrected chi connectivity index (χ3v) is 4.87. The van der Waals surface area contributed by atoms with Gasteiger partial charge in [-0.05, 0) is 35.4 Å². The molecule has 134 valence electrons. The van der Waals surface area contributed by atoms with Crippen LogP contribution in [0.15, 0.2) is 48.5 Å². The van der Waals surface area contributed by atoms with E-state index in [4.69, 9.17) is 16.7 Å². The lowest BCUT2D eigenvalue weighted by Gasteiger charge is -2.37. The van der Waals surface area contributed by atoms with Gasteiger partial charge in [0, 0.05) is 37.7 Å². The van der Waals surface area contributed by atoms with Crippen molar-refractivity contribution in [2.24, 2.45) is 0 Å². The molecule has 26 heavy (non-hydrogen) atoms. The van der Waals surface area contributed by atoms with Gasteiger partial charge in [-0.2, -0.15) is 5.26 Å². The molecular weight excluding hydrogens is 350 g/mol. The third kappa shape index (κ3) is 4.41. The van der Waals surface area contributed by atoms with E-state index in [1.54, 1.807) is 18.2 Å². The lowest BCUT2D eigenvalue weighted by atomic mass is 10.1. The van der Waals surface area contributed by atoms with Crippen molar-refractivity contribution in [1.82, 2.24) is 9.80 Å². The highest BCUT2D eigenvalue weighted by atomic mass is 35.5. The van der Waals surface area contributed by atoms with E-state index < -0.39 is 5.97 Å². The van der Waals surface area contributed by atoms with Crippen LogP contribution in [0.2, 0.25) is 5.02 Å². The summed E-state index contributed by atoms with van der Waals surface area (Å²) in [6.45, 7) is 3.93. The summed E-state index contributed by atoms with van der Waals surface area (Å²) in [6, 6.07) is 16.6. The van der Waals surface area contributed by atoms with E-state index in [0.717, 1.165) is 37.3 Å². The molecule has 1 N–H and O–H groups in total. The van der Waals surface area contributed by atoms with Crippen LogP contribution in [0.3, 0.4) is 0 Å². The molecule has 2 aromatic carbocycles. The Kier molecular flexibility index (Phi) is 5.89. The Balaban J connectivity index is 1.61. The average Bonchev–Trinajstić information content (AvgIpc) is 2.64. The first kappa shape index (κ1) is 18.4. The number of rotatable bonds is 5. The summed E-state index contributed by atoms with van der Waals surface area (Å²) < 4.78 is 0. The fraction of sp³-hybridized carbons (Fsp3) is 0.300. The number of benzene rings is 2. The van der Waals surface area contributed by atoms with Crippen molar-refractivity contribution in [3.05, 3.63) is 70.2 Å². The first-order chi connectivity index (χ1) is 12.6. The molecule has 0 saturated carbocycles. The molecule has 1 aliphatic rings. The van der Waals surface area contributed by atoms with Gasteiger partial charge in [-0.15, -0.1) is 0 Å². The number of carboxylic acid groups (broad SMARTS) is 1. The number of piperazine rings is 1. The van der Waals surface area contributed by atoms with Gasteiger partial charge in [-0.3, -0.25) is 9.80 Å². The summed E-state index contributed by atoms with van der Waals surface area (Å²) in [5.74, 6) is -0.907. The van der Waals surface area contributed by atoms with E-state index in [-0.39, 0.29) is 6.04 Å². The molecule has 0 radical (unpaired) electrons. The van der Waals surface area contributed by atoms with Gasteiger partial charge >= 0.3 is 5.97 Å². The quantitative estimate of drug-likeness (QED) is 0.874. The minimum Gasteiger partial charge on any atom is -0.478 e. The number of hydrogen-bond donors (Lipinski definition) is 1. The second-order valence-corrected chi connectivity index (χ2v) is 6.84. The fourth-order valence-corrected chi connectivity index (χ4v) is 3.48. The summed E-state index contributed by atoms with van der Waals surface area (Å²) in [4.78, 5) is 15.5. The number of aromatic carboxylic acids is 1. The van der Waals surface area contributed by atoms with Crippen molar-refractivity contribution in [3.63, 3.8) is 0 Å². The van der Waals surface area contributed by atoms with Crippen molar-refractivity contribution < 1.29 is 9.90 Å². The van der Waals surface area contributed by atoms with Crippen LogP contribution in [-0.4, -0.2) is 47.1 Å². The largest absolute Gasteiger partial charge is 0.478 e. The Hall–Kier alpha value is -2.39. The van der Waals surface area contributed by atoms with Crippen LogP contribution in [0.1, 0.15) is 27.5 Å². The van der Waals surface area contributed by atoms with Crippen LogP contribution in [0.5, 0.6) is 0 Å². The average molecular weight is 370 g/mol. The lowest BCUT2D eigenvalue weighted by Crippen LogP contribution is -2.46. The molecule has 0 spiro atoms. The van der Waals surface area contributed by atoms with Gasteiger partial charge in [0.2, 0.25) is 0 Å². The Morgan fingerprint density at radius 1 is 1.15 bits per heavy atom. The maximum Gasteiger partial charge on any atom is 0.335 e. The predicted molar refractivity (Wildman–Crippen MR) is 100 cm³/mol. The highest BCUT2D eigenvalue weighted by Crippen LogP contribution is 2.24. The van der Waals surface area contributed by atoms with Gasteiger partial charge in [0.05, 0.1) is 11.6 Å². The zero-order valence-corrected chi connectivity index (χ0v) is 15.1. The van der Waals surface area contributed by atoms with Crippen LogP contribution in [0, 0.1) is 11.3 Å². The van der Waals surface area contributed by atoms with Crippen molar-refractivity contribution >= 4 is 17.6 Å². The van der Waals surface area contributed by atoms with Crippen molar-refractivity contribution in [3.8, 4) is 6.07 Å². The first-order valence-electron chi connectivity index (χ1n) is 8.50. The van der Waals surface area contributed by atoms with E-state index >= 15 is 0 Å². The van der Waals surface area contributed by atoms with Gasteiger partial charge in [0.15, 0.2) is 0 Å². The number of nitriles is 1. The number of carboxylic acids is 1. The summed E-state index contributed by atoms with van der Waals surface area (Å²) in [5, 5.41) is 19.3. The second kappa shape index (κ2) is 8.33. The van der Waals surface area contributed by atoms with Crippen LogP contribution >= 0.6 is 11.6 Å². The Labute approximate surface area is 158 Å². The van der Waals surface area contributed by atoms with Gasteiger partial charge in [-0.1, -0.05) is 35.9 Å². The Morgan fingerprint density at radius 2 is 1.88 bits per heavy atom. The van der Waals surface area contributed by atoms with E-state index in [2.05, 4.69) is 15.9 Å². The van der Waals surface area contributed by atoms with Crippen molar-refractivity contribution in [2.75, 3.05) is 26.2 Å². The minimum absolute atomic E-state index is 0.300. The van der Waals surface area contributed by atoms with Crippen molar-refractivity contribution in [2.45, 2.75) is 12.6 Å². The normalized spacial score (nSPS) is 16.8. The fourth-order valence-electron chi connectivity index (χ4n) is 3.28. The molecule has 0 bridgehead atoms. The second-order valence-electron chi connectivity index (χ2n) is 6.40. The standard InChI is InChI=1S/C20H20ClN3O2/c21-18-6-2-4-16(12-18)19(13-22)24-9-7-23(8-10-24)14-15-3-1-5-17(11-15)20(25)26/h1-6,11-12,19H,7-10,14H2,(H,25,26). The molecule has 1 fully saturated rings. The molecule has 1 unspecified atom stereocenters. The number of carbonyl (C=O) groups is 1. The first-order valence-corrected chi connectivity index (χ1v) is 8.88. The van der Waals surface area contributed by atoms with Crippen LogP contribution in [-0.2, 0) is 6.54 Å². The zero-order valence-electron chi connectivity index (χ0n) is 14.3. The monoisotopic (exact) mass is 369 g/mol. The number of halogens is 1. The Morgan fingerprint density at radius 3 is 2.54 bits per heavy atom. The molecular formula is C20H20ClN3O2. The van der Waals surface area contributed by atoms with Crippen LogP contribution in [0.25, 0.3) is 0 Å². The van der Waals surface area contributed by atoms with Gasteiger partial charge in [0.1, 0.15) is 6.04 Å². The van der Waals surface area contributed by atoms with Crippen molar-refractivity contribution in [1.29, 1.82) is 5.26 Å². The maximum absolute atomic E-state index is 11.1. The van der Waals surface area contributed by atoms with Gasteiger partial charge in [-0.25, -0.2) is 4.79 Å². The van der Waals surface area contributed by atoms with E-state index in [1.807, 2.05) is 30.3 Å². The molecule has 6 heteroatoms. The topological polar surface area (TPSA) is 67.6 Å². The van der Waals surface area contributed by atoms with E-state index in [0.29, 0.717) is 17.1 Å².